The van der Waals surface area contributed by atoms with Gasteiger partial charge in [0.25, 0.3) is 0 Å². The molecule has 438 valence electrons. The van der Waals surface area contributed by atoms with E-state index in [4.69, 9.17) is 13.8 Å². The van der Waals surface area contributed by atoms with E-state index in [9.17, 15) is 19.0 Å². The van der Waals surface area contributed by atoms with Gasteiger partial charge in [-0.3, -0.25) is 18.6 Å². The predicted molar refractivity (Wildman–Crippen MR) is 323 cm³/mol. The third-order valence-electron chi connectivity index (χ3n) is 14.0. The van der Waals surface area contributed by atoms with Crippen LogP contribution in [0.25, 0.3) is 0 Å². The zero-order valence-corrected chi connectivity index (χ0v) is 50.9. The molecule has 0 radical (unpaired) electrons. The molecule has 0 heterocycles. The summed E-state index contributed by atoms with van der Waals surface area (Å²) in [6.07, 6.45) is 69.3. The Bertz CT molecular complexity index is 1470. The fraction of sp³-hybridized carbons (Fsp3) is 0.815. The van der Waals surface area contributed by atoms with Crippen molar-refractivity contribution in [2.75, 3.05) is 40.9 Å². The van der Waals surface area contributed by atoms with E-state index in [2.05, 4.69) is 74.7 Å². The summed E-state index contributed by atoms with van der Waals surface area (Å²) in [6, 6.07) is -0.864. The van der Waals surface area contributed by atoms with Crippen molar-refractivity contribution < 1.29 is 37.3 Å². The highest BCUT2D eigenvalue weighted by molar-refractivity contribution is 7.47. The van der Waals surface area contributed by atoms with Crippen LogP contribution in [0.15, 0.2) is 60.8 Å². The second kappa shape index (κ2) is 55.0. The summed E-state index contributed by atoms with van der Waals surface area (Å²) in [4.78, 5) is 37.7. The summed E-state index contributed by atoms with van der Waals surface area (Å²) < 4.78 is 30.7. The summed E-state index contributed by atoms with van der Waals surface area (Å²) >= 11 is 0. The van der Waals surface area contributed by atoms with Crippen LogP contribution >= 0.6 is 7.82 Å². The van der Waals surface area contributed by atoms with Crippen molar-refractivity contribution in [2.45, 2.75) is 303 Å². The molecule has 1 amide bonds. The van der Waals surface area contributed by atoms with Crippen LogP contribution in [0.1, 0.15) is 290 Å². The number of esters is 1. The zero-order valence-electron chi connectivity index (χ0n) is 50.0. The molecule has 0 aromatic rings. The minimum absolute atomic E-state index is 0.0336. The van der Waals surface area contributed by atoms with Crippen LogP contribution in [0, 0.1) is 0 Å². The molecule has 0 saturated carbocycles. The highest BCUT2D eigenvalue weighted by Gasteiger charge is 2.30. The Labute approximate surface area is 464 Å². The van der Waals surface area contributed by atoms with Crippen molar-refractivity contribution >= 4 is 19.7 Å². The monoisotopic (exact) mass is 1070 g/mol. The fourth-order valence-electron chi connectivity index (χ4n) is 9.04. The van der Waals surface area contributed by atoms with Crippen molar-refractivity contribution in [2.24, 2.45) is 0 Å². The Morgan fingerprint density at radius 1 is 0.467 bits per heavy atom. The average Bonchev–Trinajstić information content (AvgIpc) is 3.37. The van der Waals surface area contributed by atoms with Gasteiger partial charge in [0.05, 0.1) is 33.8 Å². The molecule has 3 unspecified atom stereocenters. The fourth-order valence-corrected chi connectivity index (χ4v) is 9.78. The molecule has 9 nitrogen and oxygen atoms in total. The van der Waals surface area contributed by atoms with Crippen molar-refractivity contribution in [3.63, 3.8) is 0 Å². The van der Waals surface area contributed by atoms with E-state index in [1.807, 2.05) is 33.3 Å². The molecular formula is C65H122N2O7P+. The lowest BCUT2D eigenvalue weighted by Gasteiger charge is -2.27. The summed E-state index contributed by atoms with van der Waals surface area (Å²) in [5, 5.41) is 3.04. The molecule has 10 heteroatoms. The molecular weight excluding hydrogens is 952 g/mol. The SMILES string of the molecule is CCCCC/C=C\C/C=C\C/C=C\C/C=C\CCCCCC(=O)NC(COP(=O)(O)OCC[N+](C)(C)C)C(/C=C/CCCCCCCCCCC)OC(=O)CCCCCCCCCCCCCCCCCCCCC. The number of carbonyl (C=O) groups excluding carboxylic acids is 2. The first-order valence-electron chi connectivity index (χ1n) is 31.6. The van der Waals surface area contributed by atoms with E-state index in [1.54, 1.807) is 0 Å². The number of unbranched alkanes of at least 4 members (excludes halogenated alkanes) is 33. The Balaban J connectivity index is 5.24. The maximum atomic E-state index is 13.5. The number of carbonyl (C=O) groups is 2. The molecule has 0 aliphatic rings. The highest BCUT2D eigenvalue weighted by atomic mass is 31.2. The normalized spacial score (nSPS) is 14.1. The van der Waals surface area contributed by atoms with Gasteiger partial charge in [0.1, 0.15) is 19.3 Å². The lowest BCUT2D eigenvalue weighted by atomic mass is 10.0. The number of ether oxygens (including phenoxy) is 1. The van der Waals surface area contributed by atoms with Gasteiger partial charge in [-0.15, -0.1) is 0 Å². The third kappa shape index (κ3) is 56.2. The second-order valence-electron chi connectivity index (χ2n) is 22.6. The quantitative estimate of drug-likeness (QED) is 0.0205. The minimum atomic E-state index is -4.46. The van der Waals surface area contributed by atoms with Crippen molar-refractivity contribution in [1.82, 2.24) is 5.32 Å². The maximum Gasteiger partial charge on any atom is 0.472 e. The van der Waals surface area contributed by atoms with Crippen LogP contribution in [0.5, 0.6) is 0 Å². The minimum Gasteiger partial charge on any atom is -0.456 e. The lowest BCUT2D eigenvalue weighted by molar-refractivity contribution is -0.870. The smallest absolute Gasteiger partial charge is 0.456 e. The molecule has 0 saturated heterocycles. The van der Waals surface area contributed by atoms with E-state index < -0.39 is 20.0 Å². The number of allylic oxidation sites excluding steroid dienone is 9. The van der Waals surface area contributed by atoms with E-state index in [0.717, 1.165) is 77.0 Å². The van der Waals surface area contributed by atoms with E-state index in [0.29, 0.717) is 23.9 Å². The molecule has 0 aromatic carbocycles. The molecule has 3 atom stereocenters. The highest BCUT2D eigenvalue weighted by Crippen LogP contribution is 2.43. The van der Waals surface area contributed by atoms with E-state index in [1.165, 1.54) is 173 Å². The van der Waals surface area contributed by atoms with Crippen LogP contribution in [-0.2, 0) is 27.9 Å². The first-order valence-corrected chi connectivity index (χ1v) is 33.1. The first kappa shape index (κ1) is 72.7. The number of likely N-dealkylation sites (N-methyl/N-ethyl adjacent to an activating group) is 1. The number of nitrogens with one attached hydrogen (secondary N) is 1. The van der Waals surface area contributed by atoms with Crippen molar-refractivity contribution in [1.29, 1.82) is 0 Å². The summed E-state index contributed by atoms with van der Waals surface area (Å²) in [7, 11) is 1.48. The average molecular weight is 1070 g/mol. The Morgan fingerprint density at radius 2 is 0.813 bits per heavy atom. The number of rotatable bonds is 57. The van der Waals surface area contributed by atoms with E-state index in [-0.39, 0.29) is 31.5 Å². The number of hydrogen-bond acceptors (Lipinski definition) is 6. The number of hydrogen-bond donors (Lipinski definition) is 2. The largest absolute Gasteiger partial charge is 0.472 e. The van der Waals surface area contributed by atoms with Crippen LogP contribution in [0.3, 0.4) is 0 Å². The van der Waals surface area contributed by atoms with Gasteiger partial charge in [-0.2, -0.15) is 0 Å². The molecule has 2 N–H and O–H groups in total. The molecule has 0 spiro atoms. The summed E-state index contributed by atoms with van der Waals surface area (Å²) in [6.45, 7) is 6.98. The zero-order chi connectivity index (χ0) is 55.0. The Kier molecular flexibility index (Phi) is 53.4. The van der Waals surface area contributed by atoms with Gasteiger partial charge in [-0.05, 0) is 76.7 Å². The van der Waals surface area contributed by atoms with Gasteiger partial charge < -0.3 is 19.4 Å². The van der Waals surface area contributed by atoms with Gasteiger partial charge in [-0.25, -0.2) is 4.57 Å². The molecule has 0 bridgehead atoms. The number of quaternary nitrogens is 1. The van der Waals surface area contributed by atoms with Gasteiger partial charge in [0, 0.05) is 12.8 Å². The molecule has 0 fully saturated rings. The molecule has 0 aromatic heterocycles. The number of phosphoric ester groups is 1. The standard InChI is InChI=1S/C65H121N2O7P/c1-7-10-13-16-19-22-25-27-29-31-33-35-37-39-42-45-48-51-54-57-64(68)66-62(61-73-75(70,71)72-60-59-67(4,5)6)63(56-53-50-47-44-41-24-21-18-15-12-9-3)74-65(69)58-55-52-49-46-43-40-38-36-34-32-30-28-26-23-20-17-14-11-8-2/h19,22,27,29,33,35,39,42,53,56,62-63H,7-18,20-21,23-26,28,30-32,34,36-38,40-41,43-52,54-55,57-61H2,1-6H3,(H-,66,68,70,71)/p+1/b22-19-,29-27-,35-33-,42-39-,56-53+. The van der Waals surface area contributed by atoms with Gasteiger partial charge in [0.15, 0.2) is 0 Å². The molecule has 0 rings (SSSR count). The van der Waals surface area contributed by atoms with Gasteiger partial charge in [-0.1, -0.05) is 262 Å². The number of nitrogens with zero attached hydrogens (tertiary/aromatic N) is 1. The first-order chi connectivity index (χ1) is 36.4. The van der Waals surface area contributed by atoms with Crippen molar-refractivity contribution in [3.8, 4) is 0 Å². The maximum absolute atomic E-state index is 13.5. The lowest BCUT2D eigenvalue weighted by Crippen LogP contribution is -2.47. The topological polar surface area (TPSA) is 111 Å². The van der Waals surface area contributed by atoms with Gasteiger partial charge >= 0.3 is 13.8 Å². The predicted octanol–water partition coefficient (Wildman–Crippen LogP) is 19.4. The molecule has 75 heavy (non-hydrogen) atoms. The molecule has 0 aliphatic carbocycles. The van der Waals surface area contributed by atoms with Crippen LogP contribution < -0.4 is 5.32 Å². The van der Waals surface area contributed by atoms with Gasteiger partial charge in [0.2, 0.25) is 5.91 Å². The number of amides is 1. The summed E-state index contributed by atoms with van der Waals surface area (Å²) in [5.74, 6) is -0.533. The molecule has 0 aliphatic heterocycles. The number of phosphoric acid groups is 1. The Hall–Kier alpha value is -2.29. The van der Waals surface area contributed by atoms with Crippen molar-refractivity contribution in [3.05, 3.63) is 60.8 Å². The third-order valence-corrected chi connectivity index (χ3v) is 14.9. The second-order valence-corrected chi connectivity index (χ2v) is 24.0. The van der Waals surface area contributed by atoms with Crippen LogP contribution in [0.2, 0.25) is 0 Å². The summed E-state index contributed by atoms with van der Waals surface area (Å²) in [5.41, 5.74) is 0. The Morgan fingerprint density at radius 3 is 1.25 bits per heavy atom. The van der Waals surface area contributed by atoms with E-state index >= 15 is 0 Å². The van der Waals surface area contributed by atoms with Crippen LogP contribution in [0.4, 0.5) is 0 Å². The van der Waals surface area contributed by atoms with Crippen LogP contribution in [-0.4, -0.2) is 74.3 Å².